The van der Waals surface area contributed by atoms with Crippen LogP contribution in [0.5, 0.6) is 5.75 Å². The first-order valence-corrected chi connectivity index (χ1v) is 3.98. The first-order valence-electron chi connectivity index (χ1n) is 3.98. The van der Waals surface area contributed by atoms with E-state index >= 15 is 0 Å². The fourth-order valence-electron chi connectivity index (χ4n) is 1.21. The van der Waals surface area contributed by atoms with Gasteiger partial charge in [0.15, 0.2) is 11.6 Å². The van der Waals surface area contributed by atoms with Gasteiger partial charge in [-0.15, -0.1) is 0 Å². The minimum absolute atomic E-state index is 0.00888. The largest absolute Gasteiger partial charge is 0.505 e. The lowest BCUT2D eigenvalue weighted by atomic mass is 10.1. The predicted octanol–water partition coefficient (Wildman–Crippen LogP) is 1.97. The number of rotatable bonds is 2. The van der Waals surface area contributed by atoms with Gasteiger partial charge in [-0.3, -0.25) is 4.79 Å². The average molecular weight is 182 g/mol. The van der Waals surface area contributed by atoms with Crippen molar-refractivity contribution in [2.75, 3.05) is 0 Å². The first-order chi connectivity index (χ1) is 6.00. The van der Waals surface area contributed by atoms with Crippen LogP contribution in [0.1, 0.15) is 18.1 Å². The molecule has 0 spiro atoms. The number of hydrogen-bond donors (Lipinski definition) is 1. The Hall–Kier alpha value is -1.38. The first kappa shape index (κ1) is 9.71. The Morgan fingerprint density at radius 2 is 2.15 bits per heavy atom. The normalized spacial score (nSPS) is 10.1. The van der Waals surface area contributed by atoms with Crippen molar-refractivity contribution < 1.29 is 14.3 Å². The molecule has 3 heteroatoms. The fourth-order valence-corrected chi connectivity index (χ4v) is 1.21. The van der Waals surface area contributed by atoms with Crippen LogP contribution in [0.2, 0.25) is 0 Å². The van der Waals surface area contributed by atoms with Crippen LogP contribution in [0.15, 0.2) is 12.1 Å². The molecule has 0 unspecified atom stereocenters. The van der Waals surface area contributed by atoms with Crippen molar-refractivity contribution in [3.05, 3.63) is 29.1 Å². The number of carbonyl (C=O) groups is 1. The highest BCUT2D eigenvalue weighted by molar-refractivity contribution is 5.78. The Labute approximate surface area is 76.0 Å². The molecule has 2 nitrogen and oxygen atoms in total. The van der Waals surface area contributed by atoms with Crippen LogP contribution in [0.3, 0.4) is 0 Å². The number of benzene rings is 1. The second-order valence-electron chi connectivity index (χ2n) is 3.12. The van der Waals surface area contributed by atoms with E-state index in [1.807, 2.05) is 0 Å². The Kier molecular flexibility index (Phi) is 2.66. The molecular formula is C10H11FO2. The van der Waals surface area contributed by atoms with Crippen molar-refractivity contribution in [1.29, 1.82) is 0 Å². The molecule has 0 amide bonds. The van der Waals surface area contributed by atoms with Gasteiger partial charge in [-0.25, -0.2) is 4.39 Å². The number of hydrogen-bond acceptors (Lipinski definition) is 2. The maximum Gasteiger partial charge on any atom is 0.167 e. The van der Waals surface area contributed by atoms with Crippen molar-refractivity contribution in [2.45, 2.75) is 20.3 Å². The zero-order valence-electron chi connectivity index (χ0n) is 7.60. The number of aryl methyl sites for hydroxylation is 1. The molecule has 0 aromatic heterocycles. The van der Waals surface area contributed by atoms with Gasteiger partial charge < -0.3 is 5.11 Å². The van der Waals surface area contributed by atoms with E-state index in [9.17, 15) is 9.18 Å². The maximum absolute atomic E-state index is 12.9. The molecule has 0 fully saturated rings. The average Bonchev–Trinajstić information content (AvgIpc) is 1.98. The van der Waals surface area contributed by atoms with E-state index in [1.54, 1.807) is 13.0 Å². The Morgan fingerprint density at radius 1 is 1.54 bits per heavy atom. The number of halogens is 1. The number of carbonyl (C=O) groups excluding carboxylic acids is 1. The van der Waals surface area contributed by atoms with Gasteiger partial charge in [0.05, 0.1) is 0 Å². The van der Waals surface area contributed by atoms with E-state index in [0.717, 1.165) is 0 Å². The van der Waals surface area contributed by atoms with Gasteiger partial charge in [0.25, 0.3) is 0 Å². The predicted molar refractivity (Wildman–Crippen MR) is 47.2 cm³/mol. The third-order valence-electron chi connectivity index (χ3n) is 1.75. The summed E-state index contributed by atoms with van der Waals surface area (Å²) in [6.45, 7) is 3.01. The Bertz CT molecular complexity index is 322. The van der Waals surface area contributed by atoms with E-state index in [2.05, 4.69) is 0 Å². The lowest BCUT2D eigenvalue weighted by molar-refractivity contribution is -0.116. The standard InChI is InChI=1S/C10H11FO2/c1-6-3-8(4-7(2)12)5-9(13)10(6)11/h3,5,13H,4H2,1-2H3. The summed E-state index contributed by atoms with van der Waals surface area (Å²) < 4.78 is 12.9. The summed E-state index contributed by atoms with van der Waals surface area (Å²) in [5.41, 5.74) is 1.00. The minimum Gasteiger partial charge on any atom is -0.505 e. The summed E-state index contributed by atoms with van der Waals surface area (Å²) in [6.07, 6.45) is 0.231. The van der Waals surface area contributed by atoms with E-state index in [-0.39, 0.29) is 12.2 Å². The summed E-state index contributed by atoms with van der Waals surface area (Å²) in [6, 6.07) is 2.85. The molecule has 70 valence electrons. The van der Waals surface area contributed by atoms with Gasteiger partial charge in [-0.2, -0.15) is 0 Å². The molecule has 0 aliphatic rings. The van der Waals surface area contributed by atoms with E-state index < -0.39 is 11.6 Å². The van der Waals surface area contributed by atoms with Crippen molar-refractivity contribution in [3.8, 4) is 5.75 Å². The van der Waals surface area contributed by atoms with Crippen LogP contribution in [0.25, 0.3) is 0 Å². The number of phenolic OH excluding ortho intramolecular Hbond substituents is 1. The van der Waals surface area contributed by atoms with Gasteiger partial charge in [0.1, 0.15) is 5.78 Å². The van der Waals surface area contributed by atoms with Gasteiger partial charge in [-0.05, 0) is 31.0 Å². The molecule has 1 aromatic carbocycles. The third-order valence-corrected chi connectivity index (χ3v) is 1.75. The van der Waals surface area contributed by atoms with Crippen LogP contribution in [-0.4, -0.2) is 10.9 Å². The van der Waals surface area contributed by atoms with Crippen molar-refractivity contribution in [3.63, 3.8) is 0 Å². The molecular weight excluding hydrogens is 171 g/mol. The molecule has 1 rings (SSSR count). The second kappa shape index (κ2) is 3.56. The van der Waals surface area contributed by atoms with Gasteiger partial charge in [0.2, 0.25) is 0 Å². The third kappa shape index (κ3) is 2.28. The quantitative estimate of drug-likeness (QED) is 0.759. The number of ketones is 1. The van der Waals surface area contributed by atoms with Gasteiger partial charge in [-0.1, -0.05) is 6.07 Å². The molecule has 0 atom stereocenters. The lowest BCUT2D eigenvalue weighted by Crippen LogP contribution is -1.97. The zero-order valence-corrected chi connectivity index (χ0v) is 7.60. The van der Waals surface area contributed by atoms with Crippen LogP contribution >= 0.6 is 0 Å². The molecule has 0 radical (unpaired) electrons. The summed E-state index contributed by atoms with van der Waals surface area (Å²) in [5.74, 6) is -1.02. The minimum atomic E-state index is -0.618. The number of Topliss-reactive ketones (excluding diaryl/α,β-unsaturated/α-hetero) is 1. The maximum atomic E-state index is 12.9. The fraction of sp³-hybridized carbons (Fsp3) is 0.300. The summed E-state index contributed by atoms with van der Waals surface area (Å²) in [5, 5.41) is 9.11. The molecule has 1 N–H and O–H groups in total. The molecule has 1 aromatic rings. The summed E-state index contributed by atoms with van der Waals surface area (Å²) in [4.78, 5) is 10.7. The van der Waals surface area contributed by atoms with Crippen LogP contribution in [0.4, 0.5) is 4.39 Å². The van der Waals surface area contributed by atoms with Crippen LogP contribution in [-0.2, 0) is 11.2 Å². The number of aromatic hydroxyl groups is 1. The Balaban J connectivity index is 3.06. The van der Waals surface area contributed by atoms with E-state index in [0.29, 0.717) is 11.1 Å². The molecule has 0 aliphatic carbocycles. The summed E-state index contributed by atoms with van der Waals surface area (Å²) in [7, 11) is 0. The van der Waals surface area contributed by atoms with Crippen LogP contribution < -0.4 is 0 Å². The lowest BCUT2D eigenvalue weighted by Gasteiger charge is -2.03. The molecule has 0 saturated carbocycles. The number of phenols is 1. The zero-order chi connectivity index (χ0) is 10.0. The highest BCUT2D eigenvalue weighted by Crippen LogP contribution is 2.21. The van der Waals surface area contributed by atoms with Crippen LogP contribution in [0, 0.1) is 12.7 Å². The Morgan fingerprint density at radius 3 is 2.62 bits per heavy atom. The van der Waals surface area contributed by atoms with E-state index in [1.165, 1.54) is 13.0 Å². The molecule has 0 aliphatic heterocycles. The smallest absolute Gasteiger partial charge is 0.167 e. The van der Waals surface area contributed by atoms with E-state index in [4.69, 9.17) is 5.11 Å². The highest BCUT2D eigenvalue weighted by atomic mass is 19.1. The van der Waals surface area contributed by atoms with Crippen molar-refractivity contribution >= 4 is 5.78 Å². The monoisotopic (exact) mass is 182 g/mol. The SMILES string of the molecule is CC(=O)Cc1cc(C)c(F)c(O)c1. The van der Waals surface area contributed by atoms with Crippen molar-refractivity contribution in [1.82, 2.24) is 0 Å². The second-order valence-corrected chi connectivity index (χ2v) is 3.12. The molecule has 13 heavy (non-hydrogen) atoms. The summed E-state index contributed by atoms with van der Waals surface area (Å²) >= 11 is 0. The molecule has 0 heterocycles. The molecule has 0 bridgehead atoms. The van der Waals surface area contributed by atoms with Crippen molar-refractivity contribution in [2.24, 2.45) is 0 Å². The highest BCUT2D eigenvalue weighted by Gasteiger charge is 2.07. The van der Waals surface area contributed by atoms with Gasteiger partial charge >= 0.3 is 0 Å². The van der Waals surface area contributed by atoms with Gasteiger partial charge in [0, 0.05) is 6.42 Å². The topological polar surface area (TPSA) is 37.3 Å². The molecule has 0 saturated heterocycles.